The first-order chi connectivity index (χ1) is 18.1. The van der Waals surface area contributed by atoms with Gasteiger partial charge in [-0.25, -0.2) is 22.2 Å². The summed E-state index contributed by atoms with van der Waals surface area (Å²) in [5.41, 5.74) is -2.66. The van der Waals surface area contributed by atoms with Gasteiger partial charge in [0, 0.05) is 12.0 Å². The number of alkyl halides is 5. The summed E-state index contributed by atoms with van der Waals surface area (Å²) < 4.78 is 101. The molecule has 0 saturated heterocycles. The van der Waals surface area contributed by atoms with E-state index in [-0.39, 0.29) is 29.1 Å². The van der Waals surface area contributed by atoms with E-state index in [2.05, 4.69) is 4.98 Å². The van der Waals surface area contributed by atoms with Crippen molar-refractivity contribution in [2.24, 2.45) is 5.41 Å². The molecule has 0 amide bonds. The van der Waals surface area contributed by atoms with Crippen LogP contribution in [0.1, 0.15) is 38.0 Å². The number of hydrogen-bond donors (Lipinski definition) is 1. The summed E-state index contributed by atoms with van der Waals surface area (Å²) in [4.78, 5) is 15.0. The van der Waals surface area contributed by atoms with Gasteiger partial charge < -0.3 is 9.84 Å². The zero-order chi connectivity index (χ0) is 28.8. The van der Waals surface area contributed by atoms with Crippen molar-refractivity contribution in [1.29, 1.82) is 0 Å². The molecule has 0 saturated carbocycles. The number of rotatable bonds is 7. The summed E-state index contributed by atoms with van der Waals surface area (Å²) >= 11 is 0. The molecule has 0 unspecified atom stereocenters. The first-order valence-electron chi connectivity index (χ1n) is 11.6. The fourth-order valence-corrected chi connectivity index (χ4v) is 5.70. The molecule has 0 radical (unpaired) electrons. The molecule has 39 heavy (non-hydrogen) atoms. The van der Waals surface area contributed by atoms with Gasteiger partial charge in [0.1, 0.15) is 17.5 Å². The molecule has 7 nitrogen and oxygen atoms in total. The molecule has 13 heteroatoms. The fourth-order valence-electron chi connectivity index (χ4n) is 4.16. The maximum absolute atomic E-state index is 13.7. The second kappa shape index (κ2) is 10.1. The molecule has 0 fully saturated rings. The molecule has 1 atom stereocenters. The zero-order valence-electron chi connectivity index (χ0n) is 20.6. The first-order valence-corrected chi connectivity index (χ1v) is 13.0. The lowest BCUT2D eigenvalue weighted by Gasteiger charge is -2.37. The Bertz CT molecular complexity index is 1510. The minimum Gasteiger partial charge on any atom is -0.486 e. The van der Waals surface area contributed by atoms with Crippen LogP contribution >= 0.6 is 0 Å². The lowest BCUT2D eigenvalue weighted by molar-refractivity contribution is -0.148. The van der Waals surface area contributed by atoms with Gasteiger partial charge in [0.25, 0.3) is 16.4 Å². The topological polar surface area (TPSA) is 96.8 Å². The summed E-state index contributed by atoms with van der Waals surface area (Å²) in [7, 11) is -4.62. The Morgan fingerprint density at radius 1 is 1.10 bits per heavy atom. The molecule has 0 bridgehead atoms. The Hall–Kier alpha value is -3.74. The van der Waals surface area contributed by atoms with Gasteiger partial charge in [0.05, 0.1) is 33.8 Å². The molecule has 2 aromatic carbocycles. The number of carboxylic acid groups (broad SMARTS) is 1. The highest BCUT2D eigenvalue weighted by Crippen LogP contribution is 2.42. The normalized spacial score (nSPS) is 16.1. The zero-order valence-corrected chi connectivity index (χ0v) is 21.4. The molecular formula is C26H23F5N2O5S. The van der Waals surface area contributed by atoms with Crippen LogP contribution in [0, 0.1) is 5.41 Å². The van der Waals surface area contributed by atoms with E-state index in [1.54, 1.807) is 0 Å². The van der Waals surface area contributed by atoms with Crippen LogP contribution < -0.4 is 9.04 Å². The summed E-state index contributed by atoms with van der Waals surface area (Å²) in [5.74, 6) is -1.12. The number of hydrogen-bond acceptors (Lipinski definition) is 5. The maximum atomic E-state index is 13.7. The summed E-state index contributed by atoms with van der Waals surface area (Å²) in [6, 6.07) is 11.4. The van der Waals surface area contributed by atoms with Gasteiger partial charge in [-0.1, -0.05) is 12.1 Å². The monoisotopic (exact) mass is 570 g/mol. The van der Waals surface area contributed by atoms with Crippen LogP contribution in [0.2, 0.25) is 0 Å². The second-order valence-corrected chi connectivity index (χ2v) is 11.5. The average molecular weight is 571 g/mol. The molecule has 208 valence electrons. The van der Waals surface area contributed by atoms with Crippen LogP contribution in [0.4, 0.5) is 27.6 Å². The molecule has 1 aliphatic rings. The SMILES string of the molecule is CC(C)(C[C@H]1CN(S(=O)(=O)c2cccc(C(F)(F)F)c2)c2cc(-c3cccc(C(F)F)n3)ccc2O1)C(=O)O. The molecule has 1 aliphatic heterocycles. The lowest BCUT2D eigenvalue weighted by Crippen LogP contribution is -2.46. The van der Waals surface area contributed by atoms with Gasteiger partial charge in [-0.3, -0.25) is 9.10 Å². The van der Waals surface area contributed by atoms with Crippen LogP contribution in [-0.4, -0.2) is 37.1 Å². The van der Waals surface area contributed by atoms with E-state index in [1.807, 2.05) is 0 Å². The van der Waals surface area contributed by atoms with E-state index in [1.165, 1.54) is 44.2 Å². The highest BCUT2D eigenvalue weighted by molar-refractivity contribution is 7.92. The molecule has 0 aliphatic carbocycles. The third-order valence-corrected chi connectivity index (χ3v) is 8.02. The summed E-state index contributed by atoms with van der Waals surface area (Å²) in [6.07, 6.45) is -8.72. The Labute approximate surface area is 220 Å². The average Bonchev–Trinajstić information content (AvgIpc) is 2.87. The minimum absolute atomic E-state index is 0.0248. The van der Waals surface area contributed by atoms with Crippen molar-refractivity contribution in [3.63, 3.8) is 0 Å². The van der Waals surface area contributed by atoms with Gasteiger partial charge in [0.2, 0.25) is 0 Å². The predicted octanol–water partition coefficient (Wildman–Crippen LogP) is 6.16. The number of pyridine rings is 1. The highest BCUT2D eigenvalue weighted by atomic mass is 32.2. The van der Waals surface area contributed by atoms with Crippen LogP contribution in [0.15, 0.2) is 65.6 Å². The maximum Gasteiger partial charge on any atom is 0.416 e. The van der Waals surface area contributed by atoms with E-state index in [9.17, 15) is 40.3 Å². The van der Waals surface area contributed by atoms with E-state index >= 15 is 0 Å². The number of aromatic nitrogens is 1. The lowest BCUT2D eigenvalue weighted by atomic mass is 9.86. The van der Waals surface area contributed by atoms with Crippen molar-refractivity contribution in [2.45, 2.75) is 43.9 Å². The van der Waals surface area contributed by atoms with Gasteiger partial charge in [-0.2, -0.15) is 13.2 Å². The number of aliphatic carboxylic acids is 1. The summed E-state index contributed by atoms with van der Waals surface area (Å²) in [5, 5.41) is 9.55. The van der Waals surface area contributed by atoms with Gasteiger partial charge >= 0.3 is 12.1 Å². The number of carbonyl (C=O) groups is 1. The predicted molar refractivity (Wildman–Crippen MR) is 131 cm³/mol. The minimum atomic E-state index is -4.79. The Balaban J connectivity index is 1.84. The number of benzene rings is 2. The van der Waals surface area contributed by atoms with Crippen LogP contribution in [0.5, 0.6) is 5.75 Å². The number of fused-ring (bicyclic) bond motifs is 1. The largest absolute Gasteiger partial charge is 0.486 e. The third kappa shape index (κ3) is 5.82. The Morgan fingerprint density at radius 3 is 2.44 bits per heavy atom. The van der Waals surface area contributed by atoms with E-state index < -0.39 is 62.8 Å². The fraction of sp³-hybridized carbons (Fsp3) is 0.308. The van der Waals surface area contributed by atoms with E-state index in [0.29, 0.717) is 6.07 Å². The number of nitrogens with zero attached hydrogens (tertiary/aromatic N) is 2. The van der Waals surface area contributed by atoms with Crippen molar-refractivity contribution < 1.29 is 45.0 Å². The molecule has 0 spiro atoms. The van der Waals surface area contributed by atoms with Gasteiger partial charge in [0.15, 0.2) is 0 Å². The Kier molecular flexibility index (Phi) is 7.32. The third-order valence-electron chi connectivity index (χ3n) is 6.25. The van der Waals surface area contributed by atoms with Crippen LogP contribution in [0.25, 0.3) is 11.3 Å². The van der Waals surface area contributed by atoms with Crippen molar-refractivity contribution in [3.05, 3.63) is 71.9 Å². The standard InChI is InChI=1S/C26H23F5N2O5S/c1-25(2,24(34)35)13-17-14-33(39(36,37)18-6-3-5-16(12-18)26(29,30)31)21-11-15(9-10-22(21)38-17)19-7-4-8-20(32-19)23(27)28/h3-12,17,23H,13-14H2,1-2H3,(H,34,35)/t17-/m0/s1. The second-order valence-electron chi connectivity index (χ2n) is 9.63. The number of sulfonamides is 1. The summed E-state index contributed by atoms with van der Waals surface area (Å²) in [6.45, 7) is 2.46. The molecular weight excluding hydrogens is 547 g/mol. The Morgan fingerprint density at radius 2 is 1.79 bits per heavy atom. The van der Waals surface area contributed by atoms with E-state index in [4.69, 9.17) is 4.74 Å². The quantitative estimate of drug-likeness (QED) is 0.342. The molecule has 4 rings (SSSR count). The number of ether oxygens (including phenoxy) is 1. The van der Waals surface area contributed by atoms with Crippen LogP contribution in [0.3, 0.4) is 0 Å². The van der Waals surface area contributed by atoms with Gasteiger partial charge in [-0.05, 0) is 62.4 Å². The number of anilines is 1. The number of carboxylic acids is 1. The van der Waals surface area contributed by atoms with Crippen molar-refractivity contribution >= 4 is 21.7 Å². The number of halogens is 5. The van der Waals surface area contributed by atoms with Crippen molar-refractivity contribution in [2.75, 3.05) is 10.8 Å². The van der Waals surface area contributed by atoms with Gasteiger partial charge in [-0.15, -0.1) is 0 Å². The first kappa shape index (κ1) is 28.3. The van der Waals surface area contributed by atoms with E-state index in [0.717, 1.165) is 28.6 Å². The highest BCUT2D eigenvalue weighted by Gasteiger charge is 2.40. The molecule has 2 heterocycles. The van der Waals surface area contributed by atoms with Crippen molar-refractivity contribution in [1.82, 2.24) is 4.98 Å². The smallest absolute Gasteiger partial charge is 0.416 e. The van der Waals surface area contributed by atoms with Crippen LogP contribution in [-0.2, 0) is 21.0 Å². The molecule has 1 N–H and O–H groups in total. The van der Waals surface area contributed by atoms with Crippen molar-refractivity contribution in [3.8, 4) is 17.0 Å². The molecule has 1 aromatic heterocycles. The molecule has 3 aromatic rings.